The van der Waals surface area contributed by atoms with E-state index in [9.17, 15) is 0 Å². The highest BCUT2D eigenvalue weighted by Crippen LogP contribution is 2.67. The molecule has 14 rings (SSSR count). The van der Waals surface area contributed by atoms with Crippen LogP contribution >= 0.6 is 0 Å². The van der Waals surface area contributed by atoms with Gasteiger partial charge in [-0.3, -0.25) is 0 Å². The third-order valence-electron chi connectivity index (χ3n) is 15.9. The maximum absolute atomic E-state index is 2.59. The van der Waals surface area contributed by atoms with Gasteiger partial charge in [0.15, 0.2) is 0 Å². The summed E-state index contributed by atoms with van der Waals surface area (Å²) in [5.74, 6) is 0. The van der Waals surface area contributed by atoms with Crippen LogP contribution in [-0.4, -0.2) is 5.66 Å². The first-order chi connectivity index (χ1) is 38.2. The molecule has 77 heavy (non-hydrogen) atoms. The molecule has 0 saturated heterocycles. The van der Waals surface area contributed by atoms with Crippen molar-refractivity contribution in [2.45, 2.75) is 17.5 Å². The van der Waals surface area contributed by atoms with Crippen molar-refractivity contribution in [3.8, 4) is 11.1 Å². The number of nitrogens with zero attached hydrogens (tertiary/aromatic N) is 4. The highest BCUT2D eigenvalue weighted by atomic mass is 15.4. The summed E-state index contributed by atoms with van der Waals surface area (Å²) in [4.78, 5) is 10.0. The zero-order chi connectivity index (χ0) is 51.2. The van der Waals surface area contributed by atoms with E-state index in [1.807, 2.05) is 0 Å². The van der Waals surface area contributed by atoms with Gasteiger partial charge in [0.2, 0.25) is 0 Å². The van der Waals surface area contributed by atoms with Crippen LogP contribution in [0.5, 0.6) is 0 Å². The van der Waals surface area contributed by atoms with Crippen LogP contribution in [0.1, 0.15) is 28.7 Å². The van der Waals surface area contributed by atoms with Gasteiger partial charge in [0.05, 0.1) is 5.41 Å². The molecule has 0 aliphatic heterocycles. The molecule has 11 aromatic rings. The number of anilines is 10. The van der Waals surface area contributed by atoms with Crippen LogP contribution in [0.25, 0.3) is 16.7 Å². The van der Waals surface area contributed by atoms with Crippen molar-refractivity contribution >= 4 is 62.4 Å². The van der Waals surface area contributed by atoms with Gasteiger partial charge in [-0.15, -0.1) is 0 Å². The molecule has 0 amide bonds. The second-order valence-corrected chi connectivity index (χ2v) is 20.1. The van der Waals surface area contributed by atoms with Crippen LogP contribution in [0, 0.1) is 0 Å². The lowest BCUT2D eigenvalue weighted by Gasteiger charge is -2.54. The van der Waals surface area contributed by atoms with Crippen molar-refractivity contribution in [2.75, 3.05) is 19.6 Å². The molecule has 4 nitrogen and oxygen atoms in total. The fourth-order valence-electron chi connectivity index (χ4n) is 12.8. The lowest BCUT2D eigenvalue weighted by molar-refractivity contribution is 0.492. The number of allylic oxidation sites excluding steroid dienone is 2. The summed E-state index contributed by atoms with van der Waals surface area (Å²) in [6.45, 7) is 0. The first-order valence-corrected chi connectivity index (χ1v) is 26.6. The van der Waals surface area contributed by atoms with Crippen molar-refractivity contribution in [3.63, 3.8) is 0 Å². The third-order valence-corrected chi connectivity index (χ3v) is 15.9. The number of rotatable bonds is 12. The molecular formula is C73H54N4. The molecule has 0 aromatic heterocycles. The second-order valence-electron chi connectivity index (χ2n) is 20.1. The van der Waals surface area contributed by atoms with Gasteiger partial charge in [0, 0.05) is 63.3 Å². The van der Waals surface area contributed by atoms with Crippen molar-refractivity contribution in [1.82, 2.24) is 0 Å². The first-order valence-electron chi connectivity index (χ1n) is 26.6. The fourth-order valence-corrected chi connectivity index (χ4v) is 12.8. The maximum Gasteiger partial charge on any atom is 0.145 e. The molecule has 1 atom stereocenters. The number of para-hydroxylation sites is 8. The molecule has 3 aliphatic rings. The van der Waals surface area contributed by atoms with E-state index < -0.39 is 11.1 Å². The summed E-state index contributed by atoms with van der Waals surface area (Å²) in [6, 6.07) is 111. The summed E-state index contributed by atoms with van der Waals surface area (Å²) in [5, 5.41) is 0. The zero-order valence-electron chi connectivity index (χ0n) is 42.5. The Morgan fingerprint density at radius 2 is 0.571 bits per heavy atom. The zero-order valence-corrected chi connectivity index (χ0v) is 42.5. The van der Waals surface area contributed by atoms with Gasteiger partial charge >= 0.3 is 0 Å². The lowest BCUT2D eigenvalue weighted by Crippen LogP contribution is -2.58. The summed E-state index contributed by atoms with van der Waals surface area (Å²) < 4.78 is 0. The first kappa shape index (κ1) is 45.7. The Bertz CT molecular complexity index is 3700. The standard InChI is InChI=1S/C73H54N4/c1-9-27-54(28-10-1)74(55-29-11-2-12-30-55)62-45-47-65-64-43-25-26-44-68(64)73(69(65)51-62)70-52-63(75(56-31-13-3-14-32-56)57-33-15-4-16-34-57)46-48-66(70)67-49-50-72(53-71(67)73,76(58-35-17-5-18-36-58)59-37-19-6-20-38-59)77(60-39-21-7-22-40-60)61-41-23-8-24-42-61/h1-52H,53H2. The van der Waals surface area contributed by atoms with Gasteiger partial charge in [-0.05, 0) is 172 Å². The van der Waals surface area contributed by atoms with Crippen LogP contribution in [0.3, 0.4) is 0 Å². The molecule has 0 fully saturated rings. The summed E-state index contributed by atoms with van der Waals surface area (Å²) in [7, 11) is 0. The van der Waals surface area contributed by atoms with E-state index in [2.05, 4.69) is 335 Å². The molecule has 4 heteroatoms. The Morgan fingerprint density at radius 1 is 0.260 bits per heavy atom. The topological polar surface area (TPSA) is 13.0 Å². The second kappa shape index (κ2) is 19.1. The van der Waals surface area contributed by atoms with Gasteiger partial charge in [-0.25, -0.2) is 0 Å². The Balaban J connectivity index is 1.09. The molecule has 0 saturated carbocycles. The molecule has 11 aromatic carbocycles. The average molecular weight is 987 g/mol. The number of fused-ring (bicyclic) bond motifs is 9. The molecule has 366 valence electrons. The molecule has 1 spiro atoms. The lowest BCUT2D eigenvalue weighted by atomic mass is 9.66. The Morgan fingerprint density at radius 3 is 0.961 bits per heavy atom. The van der Waals surface area contributed by atoms with Crippen molar-refractivity contribution in [2.24, 2.45) is 0 Å². The van der Waals surface area contributed by atoms with E-state index in [0.717, 1.165) is 56.9 Å². The van der Waals surface area contributed by atoms with E-state index in [-0.39, 0.29) is 0 Å². The van der Waals surface area contributed by atoms with Crippen molar-refractivity contribution in [3.05, 3.63) is 343 Å². The van der Waals surface area contributed by atoms with Crippen molar-refractivity contribution in [1.29, 1.82) is 0 Å². The van der Waals surface area contributed by atoms with Gasteiger partial charge < -0.3 is 19.6 Å². The molecule has 3 aliphatic carbocycles. The Labute approximate surface area is 451 Å². The van der Waals surface area contributed by atoms with Crippen LogP contribution in [-0.2, 0) is 5.41 Å². The molecule has 0 N–H and O–H groups in total. The Hall–Kier alpha value is -9.90. The largest absolute Gasteiger partial charge is 0.314 e. The van der Waals surface area contributed by atoms with Crippen LogP contribution in [0.15, 0.2) is 321 Å². The normalized spacial score (nSPS) is 15.3. The van der Waals surface area contributed by atoms with Gasteiger partial charge in [-0.1, -0.05) is 188 Å². The molecule has 0 bridgehead atoms. The van der Waals surface area contributed by atoms with Crippen LogP contribution < -0.4 is 19.6 Å². The summed E-state index contributed by atoms with van der Waals surface area (Å²) in [5.41, 5.74) is 19.5. The predicted molar refractivity (Wildman–Crippen MR) is 321 cm³/mol. The number of benzene rings is 11. The van der Waals surface area contributed by atoms with E-state index in [1.54, 1.807) is 0 Å². The van der Waals surface area contributed by atoms with E-state index in [4.69, 9.17) is 0 Å². The van der Waals surface area contributed by atoms with Gasteiger partial charge in [-0.2, -0.15) is 0 Å². The van der Waals surface area contributed by atoms with Crippen LogP contribution in [0.4, 0.5) is 56.9 Å². The van der Waals surface area contributed by atoms with E-state index in [0.29, 0.717) is 6.42 Å². The molecule has 0 heterocycles. The number of hydrogen-bond donors (Lipinski definition) is 0. The molecular weight excluding hydrogens is 933 g/mol. The van der Waals surface area contributed by atoms with Gasteiger partial charge in [0.1, 0.15) is 5.66 Å². The average Bonchev–Trinajstić information content (AvgIpc) is 4.20. The summed E-state index contributed by atoms with van der Waals surface area (Å²) in [6.07, 6.45) is 5.60. The predicted octanol–water partition coefficient (Wildman–Crippen LogP) is 19.0. The maximum atomic E-state index is 2.59. The van der Waals surface area contributed by atoms with Gasteiger partial charge in [0.25, 0.3) is 0 Å². The SMILES string of the molecule is C1=CC(N(c2ccccc2)c2ccccc2)(N(c2ccccc2)c2ccccc2)CC2=C1c1ccc(N(c3ccccc3)c3ccccc3)cc1C21c2ccccc2-c2ccc(N(c3ccccc3)c3ccccc3)cc21. The highest BCUT2D eigenvalue weighted by Gasteiger charge is 2.58. The molecule has 0 radical (unpaired) electrons. The smallest absolute Gasteiger partial charge is 0.145 e. The third kappa shape index (κ3) is 7.52. The highest BCUT2D eigenvalue weighted by molar-refractivity contribution is 6.00. The van der Waals surface area contributed by atoms with E-state index in [1.165, 1.54) is 44.5 Å². The number of hydrogen-bond acceptors (Lipinski definition) is 4. The van der Waals surface area contributed by atoms with Crippen LogP contribution in [0.2, 0.25) is 0 Å². The minimum atomic E-state index is -0.863. The molecule has 1 unspecified atom stereocenters. The van der Waals surface area contributed by atoms with E-state index >= 15 is 0 Å². The summed E-state index contributed by atoms with van der Waals surface area (Å²) >= 11 is 0. The fraction of sp³-hybridized carbons (Fsp3) is 0.0411. The minimum absolute atomic E-state index is 0.622. The minimum Gasteiger partial charge on any atom is -0.314 e. The quantitative estimate of drug-likeness (QED) is 0.113. The van der Waals surface area contributed by atoms with Crippen molar-refractivity contribution < 1.29 is 0 Å². The Kier molecular flexibility index (Phi) is 11.3. The monoisotopic (exact) mass is 986 g/mol.